The molecule has 0 aliphatic heterocycles. The molecule has 3 aromatic carbocycles. The summed E-state index contributed by atoms with van der Waals surface area (Å²) in [4.78, 5) is 3.20. The summed E-state index contributed by atoms with van der Waals surface area (Å²) in [7, 11) is 0. The van der Waals surface area contributed by atoms with E-state index in [9.17, 15) is 0 Å². The van der Waals surface area contributed by atoms with Crippen molar-refractivity contribution in [2.75, 3.05) is 0 Å². The summed E-state index contributed by atoms with van der Waals surface area (Å²) < 4.78 is 0. The molecule has 0 bridgehead atoms. The van der Waals surface area contributed by atoms with Crippen LogP contribution in [-0.2, 0) is 13.1 Å². The molecule has 0 amide bonds. The molecule has 0 saturated carbocycles. The zero-order chi connectivity index (χ0) is 20.2. The maximum atomic E-state index is 4.48. The number of hydrogen-bond acceptors (Lipinski definition) is 6. The Hall–Kier alpha value is -4.20. The average Bonchev–Trinajstić information content (AvgIpc) is 3.45. The Morgan fingerprint density at radius 2 is 1.00 bits per heavy atom. The van der Waals surface area contributed by atoms with Gasteiger partial charge in [0.25, 0.3) is 0 Å². The second kappa shape index (κ2) is 8.04. The molecule has 0 fully saturated rings. The van der Waals surface area contributed by atoms with E-state index < -0.39 is 0 Å². The van der Waals surface area contributed by atoms with Gasteiger partial charge in [0.2, 0.25) is 11.6 Å². The summed E-state index contributed by atoms with van der Waals surface area (Å²) in [6.07, 6.45) is 0. The number of nitrogens with zero attached hydrogens (tertiary/aromatic N) is 8. The second-order valence-electron chi connectivity index (χ2n) is 6.84. The first kappa shape index (κ1) is 17.9. The lowest BCUT2D eigenvalue weighted by Gasteiger charge is -2.04. The number of hydrogen-bond donors (Lipinski definition) is 0. The number of aromatic nitrogens is 8. The van der Waals surface area contributed by atoms with Gasteiger partial charge < -0.3 is 0 Å². The quantitative estimate of drug-likeness (QED) is 0.440. The molecule has 5 rings (SSSR count). The normalized spacial score (nSPS) is 10.9. The van der Waals surface area contributed by atoms with Gasteiger partial charge in [-0.25, -0.2) is 0 Å². The summed E-state index contributed by atoms with van der Waals surface area (Å²) in [6, 6.07) is 27.8. The third-order valence-electron chi connectivity index (χ3n) is 4.61. The molecule has 0 N–H and O–H groups in total. The van der Waals surface area contributed by atoms with Crippen LogP contribution >= 0.6 is 0 Å². The highest BCUT2D eigenvalue weighted by molar-refractivity contribution is 5.53. The molecular formula is C22H18N8. The summed E-state index contributed by atoms with van der Waals surface area (Å²) in [5, 5.41) is 25.6. The van der Waals surface area contributed by atoms with E-state index in [0.29, 0.717) is 24.7 Å². The Labute approximate surface area is 172 Å². The molecule has 0 unspecified atom stereocenters. The first-order chi connectivity index (χ1) is 14.8. The van der Waals surface area contributed by atoms with Gasteiger partial charge in [-0.2, -0.15) is 9.59 Å². The van der Waals surface area contributed by atoms with E-state index >= 15 is 0 Å². The van der Waals surface area contributed by atoms with Crippen molar-refractivity contribution in [1.82, 2.24) is 40.4 Å². The van der Waals surface area contributed by atoms with Crippen molar-refractivity contribution in [3.05, 3.63) is 96.1 Å². The van der Waals surface area contributed by atoms with Crippen molar-refractivity contribution in [3.63, 3.8) is 0 Å². The monoisotopic (exact) mass is 394 g/mol. The van der Waals surface area contributed by atoms with Crippen LogP contribution < -0.4 is 0 Å². The first-order valence-electron chi connectivity index (χ1n) is 9.58. The number of rotatable bonds is 6. The third-order valence-corrected chi connectivity index (χ3v) is 4.61. The highest BCUT2D eigenvalue weighted by Crippen LogP contribution is 2.14. The number of benzene rings is 3. The topological polar surface area (TPSA) is 87.2 Å². The Morgan fingerprint density at radius 3 is 1.47 bits per heavy atom. The smallest absolute Gasteiger partial charge is 0.159 e. The predicted octanol–water partition coefficient (Wildman–Crippen LogP) is 3.09. The molecule has 2 heterocycles. The van der Waals surface area contributed by atoms with Crippen molar-refractivity contribution < 1.29 is 0 Å². The average molecular weight is 394 g/mol. The van der Waals surface area contributed by atoms with E-state index in [1.165, 1.54) is 0 Å². The Bertz CT molecular complexity index is 1150. The summed E-state index contributed by atoms with van der Waals surface area (Å²) >= 11 is 0. The predicted molar refractivity (Wildman–Crippen MR) is 111 cm³/mol. The zero-order valence-electron chi connectivity index (χ0n) is 16.1. The van der Waals surface area contributed by atoms with Crippen molar-refractivity contribution in [2.45, 2.75) is 13.1 Å². The summed E-state index contributed by atoms with van der Waals surface area (Å²) in [5.41, 5.74) is 4.05. The maximum absolute atomic E-state index is 4.48. The molecule has 0 radical (unpaired) electrons. The van der Waals surface area contributed by atoms with Crippen LogP contribution in [0.15, 0.2) is 84.9 Å². The Kier molecular flexibility index (Phi) is 4.79. The molecule has 2 aromatic heterocycles. The number of tetrazole rings is 2. The summed E-state index contributed by atoms with van der Waals surface area (Å²) in [5.74, 6) is 1.24. The fourth-order valence-electron chi connectivity index (χ4n) is 3.18. The minimum Gasteiger partial charge on any atom is -0.159 e. The van der Waals surface area contributed by atoms with Crippen LogP contribution in [0.1, 0.15) is 11.1 Å². The standard InChI is InChI=1S/C22H18N8/c1-3-10-19(11-4-1)21-23-27-29(25-21)15-17-8-7-9-18(14-17)16-30-26-22(24-28-30)20-12-5-2-6-13-20/h1-14H,15-16H2. The Balaban J connectivity index is 1.29. The second-order valence-corrected chi connectivity index (χ2v) is 6.84. The molecule has 8 nitrogen and oxygen atoms in total. The molecule has 30 heavy (non-hydrogen) atoms. The van der Waals surface area contributed by atoms with Crippen LogP contribution in [0.25, 0.3) is 22.8 Å². The third kappa shape index (κ3) is 3.97. The van der Waals surface area contributed by atoms with E-state index in [4.69, 9.17) is 0 Å². The van der Waals surface area contributed by atoms with Crippen molar-refractivity contribution in [3.8, 4) is 22.8 Å². The van der Waals surface area contributed by atoms with E-state index in [0.717, 1.165) is 22.3 Å². The van der Waals surface area contributed by atoms with Crippen LogP contribution in [0.3, 0.4) is 0 Å². The fourth-order valence-corrected chi connectivity index (χ4v) is 3.18. The largest absolute Gasteiger partial charge is 0.204 e. The lowest BCUT2D eigenvalue weighted by Crippen LogP contribution is -2.07. The molecule has 8 heteroatoms. The van der Waals surface area contributed by atoms with E-state index in [1.54, 1.807) is 9.59 Å². The van der Waals surface area contributed by atoms with E-state index in [-0.39, 0.29) is 0 Å². The van der Waals surface area contributed by atoms with Gasteiger partial charge in [-0.05, 0) is 21.6 Å². The molecule has 146 valence electrons. The van der Waals surface area contributed by atoms with Gasteiger partial charge in [0.1, 0.15) is 0 Å². The van der Waals surface area contributed by atoms with Crippen LogP contribution in [0.2, 0.25) is 0 Å². The maximum Gasteiger partial charge on any atom is 0.204 e. The Morgan fingerprint density at radius 1 is 0.533 bits per heavy atom. The molecule has 5 aromatic rings. The lowest BCUT2D eigenvalue weighted by atomic mass is 10.1. The zero-order valence-corrected chi connectivity index (χ0v) is 16.1. The van der Waals surface area contributed by atoms with Gasteiger partial charge in [-0.3, -0.25) is 0 Å². The minimum absolute atomic E-state index is 0.535. The highest BCUT2D eigenvalue weighted by atomic mass is 15.6. The van der Waals surface area contributed by atoms with Gasteiger partial charge in [0.05, 0.1) is 13.1 Å². The van der Waals surface area contributed by atoms with Crippen LogP contribution in [0.5, 0.6) is 0 Å². The van der Waals surface area contributed by atoms with Crippen molar-refractivity contribution >= 4 is 0 Å². The molecule has 0 spiro atoms. The van der Waals surface area contributed by atoms with Crippen molar-refractivity contribution in [1.29, 1.82) is 0 Å². The van der Waals surface area contributed by atoms with Gasteiger partial charge in [0, 0.05) is 11.1 Å². The molecule has 0 aliphatic rings. The minimum atomic E-state index is 0.535. The van der Waals surface area contributed by atoms with Crippen LogP contribution in [-0.4, -0.2) is 40.4 Å². The lowest BCUT2D eigenvalue weighted by molar-refractivity contribution is 0.564. The van der Waals surface area contributed by atoms with Crippen LogP contribution in [0, 0.1) is 0 Å². The van der Waals surface area contributed by atoms with Gasteiger partial charge >= 0.3 is 0 Å². The van der Waals surface area contributed by atoms with Gasteiger partial charge in [-0.1, -0.05) is 84.9 Å². The first-order valence-corrected chi connectivity index (χ1v) is 9.58. The summed E-state index contributed by atoms with van der Waals surface area (Å²) in [6.45, 7) is 1.07. The highest BCUT2D eigenvalue weighted by Gasteiger charge is 2.08. The molecule has 0 atom stereocenters. The SMILES string of the molecule is c1ccc(-c2nnn(Cc3cccc(Cn4nnc(-c5ccccc5)n4)c3)n2)cc1. The van der Waals surface area contributed by atoms with E-state index in [1.807, 2.05) is 78.9 Å². The molecule has 0 saturated heterocycles. The van der Waals surface area contributed by atoms with Gasteiger partial charge in [-0.15, -0.1) is 20.4 Å². The fraction of sp³-hybridized carbons (Fsp3) is 0.0909. The molecular weight excluding hydrogens is 376 g/mol. The van der Waals surface area contributed by atoms with E-state index in [2.05, 4.69) is 36.9 Å². The van der Waals surface area contributed by atoms with Crippen molar-refractivity contribution in [2.24, 2.45) is 0 Å². The van der Waals surface area contributed by atoms with Gasteiger partial charge in [0.15, 0.2) is 0 Å². The molecule has 0 aliphatic carbocycles. The van der Waals surface area contributed by atoms with Crippen LogP contribution in [0.4, 0.5) is 0 Å².